The Labute approximate surface area is 109 Å². The monoisotopic (exact) mass is 261 g/mol. The van der Waals surface area contributed by atoms with Gasteiger partial charge in [-0.1, -0.05) is 0 Å². The highest BCUT2D eigenvalue weighted by Gasteiger charge is 2.22. The van der Waals surface area contributed by atoms with E-state index in [9.17, 15) is 15.0 Å². The first kappa shape index (κ1) is 12.2. The van der Waals surface area contributed by atoms with Gasteiger partial charge in [0.25, 0.3) is 0 Å². The molecule has 0 spiro atoms. The standard InChI is InChI=1S/C14H15NO4/c1-15-5-4-8-9-2-3-12(17)11(7-16)13(9)19-14(18)10(8)6-15/h2-3,16-17H,4-7H2,1H3. The minimum Gasteiger partial charge on any atom is -0.507 e. The normalized spacial score (nSPS) is 15.7. The van der Waals surface area contributed by atoms with Crippen LogP contribution in [-0.4, -0.2) is 28.7 Å². The number of rotatable bonds is 1. The maximum Gasteiger partial charge on any atom is 0.341 e. The molecule has 0 saturated heterocycles. The van der Waals surface area contributed by atoms with Gasteiger partial charge < -0.3 is 19.5 Å². The van der Waals surface area contributed by atoms with E-state index < -0.39 is 0 Å². The van der Waals surface area contributed by atoms with Gasteiger partial charge in [-0.3, -0.25) is 0 Å². The van der Waals surface area contributed by atoms with E-state index in [1.54, 1.807) is 6.07 Å². The molecule has 1 aliphatic rings. The van der Waals surface area contributed by atoms with Gasteiger partial charge in [-0.2, -0.15) is 0 Å². The maximum atomic E-state index is 12.0. The first-order chi connectivity index (χ1) is 9.11. The summed E-state index contributed by atoms with van der Waals surface area (Å²) in [5, 5.41) is 19.8. The van der Waals surface area contributed by atoms with Crippen molar-refractivity contribution in [3.05, 3.63) is 39.2 Å². The van der Waals surface area contributed by atoms with Crippen molar-refractivity contribution in [3.8, 4) is 5.75 Å². The molecule has 1 aromatic carbocycles. The third-order valence-corrected chi connectivity index (χ3v) is 3.70. The molecular formula is C14H15NO4. The fourth-order valence-electron chi connectivity index (χ4n) is 2.66. The molecule has 19 heavy (non-hydrogen) atoms. The van der Waals surface area contributed by atoms with Gasteiger partial charge in [-0.15, -0.1) is 0 Å². The van der Waals surface area contributed by atoms with Crippen molar-refractivity contribution in [1.82, 2.24) is 4.90 Å². The second-order valence-electron chi connectivity index (χ2n) is 4.93. The Hall–Kier alpha value is -1.85. The number of hydrogen-bond acceptors (Lipinski definition) is 5. The molecule has 0 atom stereocenters. The highest BCUT2D eigenvalue weighted by atomic mass is 16.4. The predicted molar refractivity (Wildman–Crippen MR) is 70.1 cm³/mol. The van der Waals surface area contributed by atoms with Gasteiger partial charge in [0.2, 0.25) is 0 Å². The van der Waals surface area contributed by atoms with E-state index >= 15 is 0 Å². The molecule has 0 amide bonds. The molecule has 2 N–H and O–H groups in total. The number of nitrogens with zero attached hydrogens (tertiary/aromatic N) is 1. The fourth-order valence-corrected chi connectivity index (χ4v) is 2.66. The SMILES string of the molecule is CN1CCc2c(c(=O)oc3c(CO)c(O)ccc23)C1. The summed E-state index contributed by atoms with van der Waals surface area (Å²) in [6, 6.07) is 3.28. The van der Waals surface area contributed by atoms with E-state index in [1.807, 2.05) is 7.05 Å². The van der Waals surface area contributed by atoms with Gasteiger partial charge in [-0.25, -0.2) is 4.79 Å². The molecule has 1 aromatic heterocycles. The Balaban J connectivity index is 2.38. The number of hydrogen-bond donors (Lipinski definition) is 2. The van der Waals surface area contributed by atoms with E-state index in [0.29, 0.717) is 17.7 Å². The van der Waals surface area contributed by atoms with Crippen molar-refractivity contribution in [3.63, 3.8) is 0 Å². The van der Waals surface area contributed by atoms with Gasteiger partial charge >= 0.3 is 5.63 Å². The van der Waals surface area contributed by atoms with Gasteiger partial charge in [0.1, 0.15) is 11.3 Å². The molecule has 0 saturated carbocycles. The van der Waals surface area contributed by atoms with Crippen molar-refractivity contribution in [2.24, 2.45) is 0 Å². The third kappa shape index (κ3) is 1.82. The molecule has 1 aliphatic heterocycles. The molecule has 5 heteroatoms. The van der Waals surface area contributed by atoms with Crippen LogP contribution in [0.15, 0.2) is 21.3 Å². The average Bonchev–Trinajstić information content (AvgIpc) is 2.39. The Morgan fingerprint density at radius 3 is 2.89 bits per heavy atom. The van der Waals surface area contributed by atoms with E-state index in [2.05, 4.69) is 4.90 Å². The lowest BCUT2D eigenvalue weighted by Gasteiger charge is -2.24. The van der Waals surface area contributed by atoms with Gasteiger partial charge in [0.05, 0.1) is 17.7 Å². The first-order valence-electron chi connectivity index (χ1n) is 6.20. The second kappa shape index (κ2) is 4.36. The Kier molecular flexibility index (Phi) is 2.80. The molecule has 0 unspecified atom stereocenters. The van der Waals surface area contributed by atoms with E-state index in [4.69, 9.17) is 4.42 Å². The molecule has 0 bridgehead atoms. The van der Waals surface area contributed by atoms with Crippen LogP contribution in [0, 0.1) is 0 Å². The average molecular weight is 261 g/mol. The number of aliphatic hydroxyl groups excluding tert-OH is 1. The zero-order chi connectivity index (χ0) is 13.6. The predicted octanol–water partition coefficient (Wildman–Crippen LogP) is 0.979. The van der Waals surface area contributed by atoms with Crippen molar-refractivity contribution >= 4 is 11.0 Å². The highest BCUT2D eigenvalue weighted by molar-refractivity contribution is 5.86. The van der Waals surface area contributed by atoms with Crippen LogP contribution in [0.4, 0.5) is 0 Å². The summed E-state index contributed by atoms with van der Waals surface area (Å²) in [5.41, 5.74) is 1.84. The van der Waals surface area contributed by atoms with Crippen LogP contribution in [0.5, 0.6) is 5.75 Å². The molecule has 5 nitrogen and oxygen atoms in total. The summed E-state index contributed by atoms with van der Waals surface area (Å²) < 4.78 is 5.31. The Morgan fingerprint density at radius 1 is 1.37 bits per heavy atom. The molecule has 3 rings (SSSR count). The molecular weight excluding hydrogens is 246 g/mol. The fraction of sp³-hybridized carbons (Fsp3) is 0.357. The van der Waals surface area contributed by atoms with E-state index in [0.717, 1.165) is 23.9 Å². The quantitative estimate of drug-likeness (QED) is 0.748. The lowest BCUT2D eigenvalue weighted by molar-refractivity contribution is 0.274. The summed E-state index contributed by atoms with van der Waals surface area (Å²) in [4.78, 5) is 14.1. The van der Waals surface area contributed by atoms with Crippen LogP contribution >= 0.6 is 0 Å². The summed E-state index contributed by atoms with van der Waals surface area (Å²) in [5.74, 6) is -0.0500. The van der Waals surface area contributed by atoms with Crippen LogP contribution in [0.25, 0.3) is 11.0 Å². The zero-order valence-corrected chi connectivity index (χ0v) is 10.6. The first-order valence-corrected chi connectivity index (χ1v) is 6.20. The van der Waals surface area contributed by atoms with Crippen LogP contribution < -0.4 is 5.63 Å². The van der Waals surface area contributed by atoms with Gasteiger partial charge in [-0.05, 0) is 31.2 Å². The number of benzene rings is 1. The lowest BCUT2D eigenvalue weighted by Crippen LogP contribution is -2.31. The Bertz CT molecular complexity index is 705. The number of likely N-dealkylation sites (N-methyl/N-ethyl adjacent to an activating group) is 1. The van der Waals surface area contributed by atoms with Crippen molar-refractivity contribution in [2.45, 2.75) is 19.6 Å². The molecule has 100 valence electrons. The molecule has 0 fully saturated rings. The number of aromatic hydroxyl groups is 1. The van der Waals surface area contributed by atoms with Crippen LogP contribution in [-0.2, 0) is 19.6 Å². The number of phenols is 1. The number of aliphatic hydroxyl groups is 1. The van der Waals surface area contributed by atoms with E-state index in [1.165, 1.54) is 6.07 Å². The largest absolute Gasteiger partial charge is 0.507 e. The van der Waals surface area contributed by atoms with Gasteiger partial charge in [0, 0.05) is 18.5 Å². The van der Waals surface area contributed by atoms with Crippen LogP contribution in [0.3, 0.4) is 0 Å². The smallest absolute Gasteiger partial charge is 0.341 e. The minimum absolute atomic E-state index is 0.0500. The Morgan fingerprint density at radius 2 is 2.16 bits per heavy atom. The van der Waals surface area contributed by atoms with Gasteiger partial charge in [0.15, 0.2) is 0 Å². The topological polar surface area (TPSA) is 73.9 Å². The van der Waals surface area contributed by atoms with Crippen molar-refractivity contribution < 1.29 is 14.6 Å². The maximum absolute atomic E-state index is 12.0. The third-order valence-electron chi connectivity index (χ3n) is 3.70. The number of fused-ring (bicyclic) bond motifs is 3. The molecule has 2 heterocycles. The van der Waals surface area contributed by atoms with Crippen LogP contribution in [0.1, 0.15) is 16.7 Å². The molecule has 2 aromatic rings. The summed E-state index contributed by atoms with van der Waals surface area (Å²) >= 11 is 0. The minimum atomic E-state index is -0.380. The zero-order valence-electron chi connectivity index (χ0n) is 10.6. The van der Waals surface area contributed by atoms with Crippen LogP contribution in [0.2, 0.25) is 0 Å². The second-order valence-corrected chi connectivity index (χ2v) is 4.93. The van der Waals surface area contributed by atoms with E-state index in [-0.39, 0.29) is 23.5 Å². The van der Waals surface area contributed by atoms with Crippen molar-refractivity contribution in [1.29, 1.82) is 0 Å². The lowest BCUT2D eigenvalue weighted by atomic mass is 9.96. The summed E-state index contributed by atoms with van der Waals surface area (Å²) in [7, 11) is 1.96. The molecule has 0 aliphatic carbocycles. The van der Waals surface area contributed by atoms with Crippen molar-refractivity contribution in [2.75, 3.05) is 13.6 Å². The summed E-state index contributed by atoms with van der Waals surface area (Å²) in [6.45, 7) is 1.09. The highest BCUT2D eigenvalue weighted by Crippen LogP contribution is 2.31. The summed E-state index contributed by atoms with van der Waals surface area (Å²) in [6.07, 6.45) is 0.767. The molecule has 0 radical (unpaired) electrons.